The van der Waals surface area contributed by atoms with Crippen molar-refractivity contribution < 1.29 is 23.9 Å². The molecule has 0 aromatic heterocycles. The number of fused-ring (bicyclic) bond motifs is 1. The molecule has 1 amide bonds. The quantitative estimate of drug-likeness (QED) is 0.440. The number of nitrogens with one attached hydrogen (secondary N) is 2. The highest BCUT2D eigenvalue weighted by Gasteiger charge is 2.45. The maximum absolute atomic E-state index is 12.3. The van der Waals surface area contributed by atoms with Crippen LogP contribution in [0.15, 0.2) is 17.8 Å². The van der Waals surface area contributed by atoms with Gasteiger partial charge in [0.2, 0.25) is 5.91 Å². The number of cyclic esters (lactones) is 2. The number of carbonyl (C=O) groups is 3. The van der Waals surface area contributed by atoms with Crippen molar-refractivity contribution in [2.45, 2.75) is 78.4 Å². The van der Waals surface area contributed by atoms with Crippen LogP contribution in [0.4, 0.5) is 11.4 Å². The minimum Gasteiger partial charge on any atom is -0.419 e. The lowest BCUT2D eigenvalue weighted by Gasteiger charge is -2.30. The minimum atomic E-state index is -1.29. The number of ether oxygens (including phenoxy) is 2. The van der Waals surface area contributed by atoms with Gasteiger partial charge >= 0.3 is 11.9 Å². The van der Waals surface area contributed by atoms with E-state index in [0.29, 0.717) is 5.69 Å². The van der Waals surface area contributed by atoms with Crippen molar-refractivity contribution in [3.8, 4) is 0 Å². The zero-order valence-electron chi connectivity index (χ0n) is 18.9. The fourth-order valence-electron chi connectivity index (χ4n) is 4.73. The molecular weight excluding hydrogens is 384 g/mol. The molecule has 2 N–H and O–H groups in total. The average molecular weight is 415 g/mol. The van der Waals surface area contributed by atoms with Crippen molar-refractivity contribution in [3.63, 3.8) is 0 Å². The van der Waals surface area contributed by atoms with Gasteiger partial charge in [0.1, 0.15) is 0 Å². The van der Waals surface area contributed by atoms with Crippen molar-refractivity contribution in [2.75, 3.05) is 10.6 Å². The van der Waals surface area contributed by atoms with E-state index in [1.165, 1.54) is 27.0 Å². The zero-order chi connectivity index (χ0) is 22.6. The molecule has 30 heavy (non-hydrogen) atoms. The van der Waals surface area contributed by atoms with Crippen molar-refractivity contribution in [3.05, 3.63) is 34.5 Å². The van der Waals surface area contributed by atoms with E-state index in [9.17, 15) is 14.4 Å². The van der Waals surface area contributed by atoms with Crippen LogP contribution in [0.25, 0.3) is 0 Å². The van der Waals surface area contributed by atoms with Crippen molar-refractivity contribution in [1.29, 1.82) is 0 Å². The fraction of sp³-hybridized carbons (Fsp3) is 0.522. The van der Waals surface area contributed by atoms with E-state index in [0.717, 1.165) is 28.8 Å². The van der Waals surface area contributed by atoms with Crippen molar-refractivity contribution in [1.82, 2.24) is 0 Å². The van der Waals surface area contributed by atoms with Gasteiger partial charge in [0.05, 0.1) is 0 Å². The number of anilines is 2. The second kappa shape index (κ2) is 6.86. The third-order valence-electron chi connectivity index (χ3n) is 5.67. The lowest BCUT2D eigenvalue weighted by atomic mass is 9.81. The molecule has 162 valence electrons. The number of hydrogen-bond acceptors (Lipinski definition) is 6. The van der Waals surface area contributed by atoms with Gasteiger partial charge in [-0.3, -0.25) is 4.79 Å². The molecule has 1 aliphatic carbocycles. The lowest BCUT2D eigenvalue weighted by molar-refractivity contribution is -0.222. The first-order valence-electron chi connectivity index (χ1n) is 10.0. The first-order valence-corrected chi connectivity index (χ1v) is 10.0. The summed E-state index contributed by atoms with van der Waals surface area (Å²) in [6, 6.07) is 2.03. The minimum absolute atomic E-state index is 0.101. The summed E-state index contributed by atoms with van der Waals surface area (Å²) in [5.74, 6) is -2.94. The van der Waals surface area contributed by atoms with Gasteiger partial charge in [-0.15, -0.1) is 0 Å². The normalized spacial score (nSPS) is 20.7. The summed E-state index contributed by atoms with van der Waals surface area (Å²) in [7, 11) is 0. The molecule has 1 aromatic rings. The van der Waals surface area contributed by atoms with Crippen LogP contribution >= 0.6 is 0 Å². The Morgan fingerprint density at radius 2 is 1.60 bits per heavy atom. The maximum atomic E-state index is 12.3. The van der Waals surface area contributed by atoms with Gasteiger partial charge in [0.25, 0.3) is 5.79 Å². The molecule has 0 atom stereocenters. The number of rotatable bonds is 3. The van der Waals surface area contributed by atoms with Gasteiger partial charge in [-0.2, -0.15) is 0 Å². The molecule has 1 saturated heterocycles. The van der Waals surface area contributed by atoms with E-state index < -0.39 is 17.7 Å². The molecule has 7 heteroatoms. The number of carbonyl (C=O) groups excluding carboxylic acids is 3. The van der Waals surface area contributed by atoms with E-state index in [2.05, 4.69) is 38.3 Å². The van der Waals surface area contributed by atoms with Crippen LogP contribution in [-0.4, -0.2) is 23.6 Å². The van der Waals surface area contributed by atoms with Crippen LogP contribution in [0.5, 0.6) is 0 Å². The van der Waals surface area contributed by atoms with Crippen LogP contribution in [0, 0.1) is 6.92 Å². The fourth-order valence-corrected chi connectivity index (χ4v) is 4.73. The summed E-state index contributed by atoms with van der Waals surface area (Å²) in [6.45, 7) is 15.1. The number of hydrogen-bond donors (Lipinski definition) is 2. The molecular formula is C23H30N2O5. The molecule has 1 fully saturated rings. The van der Waals surface area contributed by atoms with Gasteiger partial charge in [0, 0.05) is 38.3 Å². The Balaban J connectivity index is 2.13. The Labute approximate surface area is 177 Å². The number of benzene rings is 1. The maximum Gasteiger partial charge on any atom is 0.350 e. The predicted octanol–water partition coefficient (Wildman–Crippen LogP) is 4.04. The molecule has 0 bridgehead atoms. The standard InChI is InChI=1S/C23H30N2O5/c1-12-16(25-13(2)26)9-15-17(22(5,6)11-21(15,3)4)18(12)24-10-14-19(27)29-23(7,8)30-20(14)28/h9-10,24H,11H2,1-8H3,(H,25,26). The van der Waals surface area contributed by atoms with Crippen molar-refractivity contribution in [2.24, 2.45) is 0 Å². The molecule has 0 saturated carbocycles. The van der Waals surface area contributed by atoms with Crippen LogP contribution in [0.2, 0.25) is 0 Å². The number of amides is 1. The Morgan fingerprint density at radius 3 is 2.13 bits per heavy atom. The summed E-state index contributed by atoms with van der Waals surface area (Å²) >= 11 is 0. The lowest BCUT2D eigenvalue weighted by Crippen LogP contribution is -2.42. The Hall–Kier alpha value is -2.83. The Kier molecular flexibility index (Phi) is 5.00. The smallest absolute Gasteiger partial charge is 0.350 e. The highest BCUT2D eigenvalue weighted by Crippen LogP contribution is 2.54. The molecule has 0 unspecified atom stereocenters. The number of esters is 2. The van der Waals surface area contributed by atoms with E-state index in [4.69, 9.17) is 9.47 Å². The van der Waals surface area contributed by atoms with Gasteiger partial charge in [-0.25, -0.2) is 9.59 Å². The van der Waals surface area contributed by atoms with Gasteiger partial charge in [-0.1, -0.05) is 27.7 Å². The van der Waals surface area contributed by atoms with E-state index >= 15 is 0 Å². The highest BCUT2D eigenvalue weighted by atomic mass is 16.7. The third kappa shape index (κ3) is 3.80. The second-order valence-corrected chi connectivity index (χ2v) is 9.85. The SMILES string of the molecule is CC(=O)Nc1cc2c(c(NC=C3C(=O)OC(C)(C)OC3=O)c1C)C(C)(C)CC2(C)C. The van der Waals surface area contributed by atoms with Gasteiger partial charge in [-0.05, 0) is 46.9 Å². The van der Waals surface area contributed by atoms with Crippen molar-refractivity contribution >= 4 is 29.2 Å². The third-order valence-corrected chi connectivity index (χ3v) is 5.67. The molecule has 1 aromatic carbocycles. The van der Waals surface area contributed by atoms with Gasteiger partial charge in [0.15, 0.2) is 5.57 Å². The molecule has 1 heterocycles. The van der Waals surface area contributed by atoms with E-state index in [-0.39, 0.29) is 22.3 Å². The summed E-state index contributed by atoms with van der Waals surface area (Å²) in [6.07, 6.45) is 2.25. The molecule has 7 nitrogen and oxygen atoms in total. The average Bonchev–Trinajstić information content (AvgIpc) is 2.72. The van der Waals surface area contributed by atoms with Crippen LogP contribution in [0.3, 0.4) is 0 Å². The molecule has 1 aliphatic heterocycles. The highest BCUT2D eigenvalue weighted by molar-refractivity contribution is 6.15. The first-order chi connectivity index (χ1) is 13.6. The molecule has 0 radical (unpaired) electrons. The summed E-state index contributed by atoms with van der Waals surface area (Å²) in [5.41, 5.74) is 4.07. The van der Waals surface area contributed by atoms with Gasteiger partial charge < -0.3 is 20.1 Å². The van der Waals surface area contributed by atoms with Crippen LogP contribution < -0.4 is 10.6 Å². The van der Waals surface area contributed by atoms with E-state index in [1.807, 2.05) is 13.0 Å². The molecule has 3 rings (SSSR count). The molecule has 0 spiro atoms. The Morgan fingerprint density at radius 1 is 1.03 bits per heavy atom. The van der Waals surface area contributed by atoms with Crippen LogP contribution in [-0.2, 0) is 34.7 Å². The van der Waals surface area contributed by atoms with E-state index in [1.54, 1.807) is 0 Å². The Bertz CT molecular complexity index is 964. The summed E-state index contributed by atoms with van der Waals surface area (Å²) < 4.78 is 10.3. The van der Waals surface area contributed by atoms with Crippen LogP contribution in [0.1, 0.15) is 71.6 Å². The zero-order valence-corrected chi connectivity index (χ0v) is 18.9. The second-order valence-electron chi connectivity index (χ2n) is 9.85. The largest absolute Gasteiger partial charge is 0.419 e. The summed E-state index contributed by atoms with van der Waals surface area (Å²) in [5, 5.41) is 6.05. The topological polar surface area (TPSA) is 93.7 Å². The summed E-state index contributed by atoms with van der Waals surface area (Å²) in [4.78, 5) is 36.4. The molecule has 2 aliphatic rings. The predicted molar refractivity (Wildman–Crippen MR) is 114 cm³/mol. The first kappa shape index (κ1) is 21.9. The monoisotopic (exact) mass is 414 g/mol.